The van der Waals surface area contributed by atoms with Crippen molar-refractivity contribution in [1.82, 2.24) is 19.4 Å². The molecule has 144 valence electrons. The van der Waals surface area contributed by atoms with Crippen molar-refractivity contribution < 1.29 is 0 Å². The molecular formula is C21H16Cl2N6. The number of hydrogen-bond donors (Lipinski definition) is 1. The van der Waals surface area contributed by atoms with Gasteiger partial charge >= 0.3 is 0 Å². The lowest BCUT2D eigenvalue weighted by atomic mass is 10.1. The van der Waals surface area contributed by atoms with E-state index in [4.69, 9.17) is 33.4 Å². The predicted octanol–water partition coefficient (Wildman–Crippen LogP) is 5.01. The van der Waals surface area contributed by atoms with Crippen LogP contribution in [0, 0.1) is 11.3 Å². The maximum atomic E-state index is 8.84. The zero-order valence-corrected chi connectivity index (χ0v) is 16.8. The van der Waals surface area contributed by atoms with Gasteiger partial charge in [0, 0.05) is 47.6 Å². The molecule has 1 N–H and O–H groups in total. The maximum absolute atomic E-state index is 8.84. The molecule has 4 rings (SSSR count). The minimum absolute atomic E-state index is 0.544. The molecule has 0 aliphatic rings. The Morgan fingerprint density at radius 1 is 1.14 bits per heavy atom. The zero-order chi connectivity index (χ0) is 20.2. The van der Waals surface area contributed by atoms with E-state index in [0.29, 0.717) is 28.0 Å². The lowest BCUT2D eigenvalue weighted by Gasteiger charge is -2.11. The smallest absolute Gasteiger partial charge is 0.180 e. The van der Waals surface area contributed by atoms with E-state index in [1.54, 1.807) is 30.6 Å². The van der Waals surface area contributed by atoms with E-state index in [2.05, 4.69) is 21.4 Å². The number of pyridine rings is 1. The van der Waals surface area contributed by atoms with Crippen molar-refractivity contribution in [1.29, 1.82) is 5.26 Å². The SMILES string of the molecule is N#Cc1ccc(CCCNc2nc(-c3ccc(Cl)cc3Cl)cn3ccnc23)nc1. The fourth-order valence-corrected chi connectivity index (χ4v) is 3.50. The molecule has 0 aliphatic carbocycles. The molecule has 0 atom stereocenters. The number of rotatable bonds is 6. The van der Waals surface area contributed by atoms with Crippen molar-refractivity contribution in [2.75, 3.05) is 11.9 Å². The fourth-order valence-electron chi connectivity index (χ4n) is 2.99. The molecule has 0 aliphatic heterocycles. The van der Waals surface area contributed by atoms with E-state index in [1.807, 2.05) is 28.9 Å². The van der Waals surface area contributed by atoms with E-state index in [9.17, 15) is 0 Å². The summed E-state index contributed by atoms with van der Waals surface area (Å²) in [7, 11) is 0. The Balaban J connectivity index is 1.50. The summed E-state index contributed by atoms with van der Waals surface area (Å²) in [6, 6.07) is 11.1. The number of anilines is 1. The van der Waals surface area contributed by atoms with E-state index in [-0.39, 0.29) is 0 Å². The van der Waals surface area contributed by atoms with Gasteiger partial charge in [0.1, 0.15) is 6.07 Å². The van der Waals surface area contributed by atoms with Crippen molar-refractivity contribution in [2.24, 2.45) is 0 Å². The van der Waals surface area contributed by atoms with Crippen molar-refractivity contribution >= 4 is 34.7 Å². The molecule has 0 unspecified atom stereocenters. The summed E-state index contributed by atoms with van der Waals surface area (Å²) in [4.78, 5) is 13.4. The monoisotopic (exact) mass is 422 g/mol. The molecule has 0 radical (unpaired) electrons. The highest BCUT2D eigenvalue weighted by Crippen LogP contribution is 2.30. The quantitative estimate of drug-likeness (QED) is 0.441. The summed E-state index contributed by atoms with van der Waals surface area (Å²) in [5, 5.41) is 13.3. The molecule has 0 saturated heterocycles. The molecule has 0 spiro atoms. The fraction of sp³-hybridized carbons (Fsp3) is 0.143. The van der Waals surface area contributed by atoms with Gasteiger partial charge in [0.15, 0.2) is 11.5 Å². The van der Waals surface area contributed by atoms with Crippen LogP contribution in [0.1, 0.15) is 17.7 Å². The highest BCUT2D eigenvalue weighted by Gasteiger charge is 2.11. The van der Waals surface area contributed by atoms with Gasteiger partial charge in [-0.25, -0.2) is 9.97 Å². The number of halogens is 2. The average Bonchev–Trinajstić information content (AvgIpc) is 3.20. The second kappa shape index (κ2) is 8.48. The first-order chi connectivity index (χ1) is 14.1. The van der Waals surface area contributed by atoms with Crippen molar-refractivity contribution in [3.8, 4) is 17.3 Å². The molecule has 0 bridgehead atoms. The topological polar surface area (TPSA) is 78.9 Å². The number of aromatic nitrogens is 4. The summed E-state index contributed by atoms with van der Waals surface area (Å²) < 4.78 is 1.91. The highest BCUT2D eigenvalue weighted by atomic mass is 35.5. The van der Waals surface area contributed by atoms with Gasteiger partial charge < -0.3 is 9.72 Å². The second-order valence-electron chi connectivity index (χ2n) is 6.44. The first kappa shape index (κ1) is 19.2. The Kier molecular flexibility index (Phi) is 5.61. The average molecular weight is 423 g/mol. The first-order valence-electron chi connectivity index (χ1n) is 9.02. The number of nitrogens with one attached hydrogen (secondary N) is 1. The Labute approximate surface area is 177 Å². The minimum Gasteiger partial charge on any atom is -0.367 e. The molecule has 4 aromatic rings. The third-order valence-electron chi connectivity index (χ3n) is 4.44. The molecule has 6 nitrogen and oxygen atoms in total. The Bertz CT molecular complexity index is 1190. The van der Waals surface area contributed by atoms with Crippen LogP contribution in [0.4, 0.5) is 5.82 Å². The number of hydrogen-bond acceptors (Lipinski definition) is 5. The third-order valence-corrected chi connectivity index (χ3v) is 4.98. The van der Waals surface area contributed by atoms with Crippen LogP contribution in [-0.4, -0.2) is 25.9 Å². The minimum atomic E-state index is 0.544. The second-order valence-corrected chi connectivity index (χ2v) is 7.28. The van der Waals surface area contributed by atoms with E-state index in [1.165, 1.54) is 0 Å². The van der Waals surface area contributed by atoms with Gasteiger partial charge in [0.05, 0.1) is 16.3 Å². The lowest BCUT2D eigenvalue weighted by molar-refractivity contribution is 0.832. The van der Waals surface area contributed by atoms with Gasteiger partial charge in [-0.2, -0.15) is 5.26 Å². The van der Waals surface area contributed by atoms with Crippen LogP contribution in [0.3, 0.4) is 0 Å². The van der Waals surface area contributed by atoms with E-state index in [0.717, 1.165) is 35.4 Å². The largest absolute Gasteiger partial charge is 0.367 e. The van der Waals surface area contributed by atoms with Gasteiger partial charge in [-0.1, -0.05) is 23.2 Å². The molecule has 8 heteroatoms. The van der Waals surface area contributed by atoms with Crippen LogP contribution in [0.15, 0.2) is 55.1 Å². The van der Waals surface area contributed by atoms with Crippen LogP contribution >= 0.6 is 23.2 Å². The van der Waals surface area contributed by atoms with Crippen LogP contribution in [0.2, 0.25) is 10.0 Å². The maximum Gasteiger partial charge on any atom is 0.180 e. The Morgan fingerprint density at radius 2 is 2.03 bits per heavy atom. The predicted molar refractivity (Wildman–Crippen MR) is 114 cm³/mol. The van der Waals surface area contributed by atoms with Gasteiger partial charge in [-0.3, -0.25) is 4.98 Å². The molecule has 0 fully saturated rings. The van der Waals surface area contributed by atoms with Crippen LogP contribution in [0.5, 0.6) is 0 Å². The number of imidazole rings is 1. The molecule has 0 saturated carbocycles. The van der Waals surface area contributed by atoms with Gasteiger partial charge in [-0.05, 0) is 43.2 Å². The standard InChI is InChI=1S/C21H16Cl2N6/c22-15-4-6-17(18(23)10-15)19-13-29-9-8-26-21(29)20(28-19)25-7-1-2-16-5-3-14(11-24)12-27-16/h3-6,8-10,12-13H,1-2,7H2,(H,25,28). The summed E-state index contributed by atoms with van der Waals surface area (Å²) >= 11 is 12.4. The lowest BCUT2D eigenvalue weighted by Crippen LogP contribution is -2.08. The van der Waals surface area contributed by atoms with E-state index >= 15 is 0 Å². The van der Waals surface area contributed by atoms with E-state index < -0.39 is 0 Å². The van der Waals surface area contributed by atoms with Gasteiger partial charge in [0.25, 0.3) is 0 Å². The molecule has 3 heterocycles. The van der Waals surface area contributed by atoms with Gasteiger partial charge in [0.2, 0.25) is 0 Å². The summed E-state index contributed by atoms with van der Waals surface area (Å²) in [5.74, 6) is 0.686. The summed E-state index contributed by atoms with van der Waals surface area (Å²) in [6.45, 7) is 0.703. The molecule has 3 aromatic heterocycles. The molecule has 1 aromatic carbocycles. The Hall–Kier alpha value is -3.14. The molecule has 0 amide bonds. The van der Waals surface area contributed by atoms with Crippen molar-refractivity contribution in [3.63, 3.8) is 0 Å². The van der Waals surface area contributed by atoms with Crippen LogP contribution < -0.4 is 5.32 Å². The normalized spacial score (nSPS) is 10.8. The number of nitriles is 1. The number of fused-ring (bicyclic) bond motifs is 1. The molecule has 29 heavy (non-hydrogen) atoms. The highest BCUT2D eigenvalue weighted by molar-refractivity contribution is 6.36. The van der Waals surface area contributed by atoms with Gasteiger partial charge in [-0.15, -0.1) is 0 Å². The number of nitrogens with zero attached hydrogens (tertiary/aromatic N) is 5. The van der Waals surface area contributed by atoms with Crippen molar-refractivity contribution in [3.05, 3.63) is 76.4 Å². The third kappa shape index (κ3) is 4.32. The molecular weight excluding hydrogens is 407 g/mol. The first-order valence-corrected chi connectivity index (χ1v) is 9.77. The zero-order valence-electron chi connectivity index (χ0n) is 15.3. The summed E-state index contributed by atoms with van der Waals surface area (Å²) in [6.07, 6.45) is 8.75. The van der Waals surface area contributed by atoms with Crippen LogP contribution in [-0.2, 0) is 6.42 Å². The van der Waals surface area contributed by atoms with Crippen molar-refractivity contribution in [2.45, 2.75) is 12.8 Å². The number of aryl methyl sites for hydroxylation is 1. The van der Waals surface area contributed by atoms with Crippen LogP contribution in [0.25, 0.3) is 16.9 Å². The number of benzene rings is 1. The summed E-state index contributed by atoms with van der Waals surface area (Å²) in [5.41, 5.74) is 3.79. The Morgan fingerprint density at radius 3 is 2.79 bits per heavy atom.